The van der Waals surface area contributed by atoms with Gasteiger partial charge in [0.2, 0.25) is 0 Å². The second kappa shape index (κ2) is 8.35. The highest BCUT2D eigenvalue weighted by Gasteiger charge is 2.30. The Kier molecular flexibility index (Phi) is 7.01. The first-order chi connectivity index (χ1) is 11.5. The first-order valence-electron chi connectivity index (χ1n) is 7.74. The number of aliphatic carboxylic acids is 1. The van der Waals surface area contributed by atoms with Crippen molar-refractivity contribution in [3.8, 4) is 0 Å². The predicted molar refractivity (Wildman–Crippen MR) is 92.5 cm³/mol. The average Bonchev–Trinajstić information content (AvgIpc) is 2.52. The maximum Gasteiger partial charge on any atom is 0.321 e. The molecule has 0 aliphatic heterocycles. The normalized spacial score (nSPS) is 13.2. The van der Waals surface area contributed by atoms with Gasteiger partial charge in [-0.3, -0.25) is 14.4 Å². The second-order valence-corrected chi connectivity index (χ2v) is 8.28. The zero-order valence-corrected chi connectivity index (χ0v) is 15.2. The standard InChI is InChI=1S/C17H22NO6S/c1-17(2,3)13-9-7-12(8-10-13)16(22)25(23,24)18-14(15(20)21)6-4-5-11-19/h7-10,14,18H,4-6H2,1-3H3,(H,20,21). The molecule has 1 aromatic rings. The van der Waals surface area contributed by atoms with Crippen LogP contribution in [0, 0.1) is 0 Å². The van der Waals surface area contributed by atoms with E-state index in [1.54, 1.807) is 18.4 Å². The third-order valence-electron chi connectivity index (χ3n) is 3.60. The predicted octanol–water partition coefficient (Wildman–Crippen LogP) is 1.78. The fraction of sp³-hybridized carbons (Fsp3) is 0.471. The molecule has 25 heavy (non-hydrogen) atoms. The molecule has 1 aromatic carbocycles. The van der Waals surface area contributed by atoms with E-state index in [0.717, 1.165) is 5.56 Å². The Morgan fingerprint density at radius 2 is 1.76 bits per heavy atom. The summed E-state index contributed by atoms with van der Waals surface area (Å²) in [7, 11) is -4.51. The Labute approximate surface area is 147 Å². The highest BCUT2D eigenvalue weighted by molar-refractivity contribution is 8.05. The van der Waals surface area contributed by atoms with Gasteiger partial charge in [-0.15, -0.1) is 0 Å². The van der Waals surface area contributed by atoms with Crippen LogP contribution in [-0.2, 0) is 25.0 Å². The molecule has 0 bridgehead atoms. The first-order valence-corrected chi connectivity index (χ1v) is 9.22. The molecule has 7 nitrogen and oxygen atoms in total. The van der Waals surface area contributed by atoms with Crippen molar-refractivity contribution in [3.05, 3.63) is 35.4 Å². The summed E-state index contributed by atoms with van der Waals surface area (Å²) in [5.74, 6) is -1.41. The Hall–Kier alpha value is -2.06. The zero-order valence-electron chi connectivity index (χ0n) is 14.4. The van der Waals surface area contributed by atoms with Crippen LogP contribution in [0.2, 0.25) is 0 Å². The van der Waals surface area contributed by atoms with Gasteiger partial charge in [0.1, 0.15) is 6.04 Å². The maximum atomic E-state index is 12.2. The number of unbranched alkanes of at least 4 members (excludes halogenated alkanes) is 1. The largest absolute Gasteiger partial charge is 0.480 e. The van der Waals surface area contributed by atoms with E-state index in [0.29, 0.717) is 0 Å². The van der Waals surface area contributed by atoms with Crippen molar-refractivity contribution in [2.75, 3.05) is 0 Å². The summed E-state index contributed by atoms with van der Waals surface area (Å²) >= 11 is 0. The summed E-state index contributed by atoms with van der Waals surface area (Å²) in [6, 6.07) is 4.66. The molecule has 0 amide bonds. The summed E-state index contributed by atoms with van der Waals surface area (Å²) in [6.07, 6.45) is 1.64. The van der Waals surface area contributed by atoms with Crippen LogP contribution in [0.1, 0.15) is 56.0 Å². The summed E-state index contributed by atoms with van der Waals surface area (Å²) < 4.78 is 26.2. The molecule has 0 aliphatic rings. The number of carboxylic acids is 1. The van der Waals surface area contributed by atoms with Gasteiger partial charge in [-0.1, -0.05) is 32.9 Å². The molecule has 0 fully saturated rings. The summed E-state index contributed by atoms with van der Waals surface area (Å²) in [6.45, 7) is 5.95. The lowest BCUT2D eigenvalue weighted by Crippen LogP contribution is -2.43. The number of benzene rings is 1. The van der Waals surface area contributed by atoms with E-state index < -0.39 is 27.1 Å². The highest BCUT2D eigenvalue weighted by atomic mass is 32.2. The van der Waals surface area contributed by atoms with Gasteiger partial charge in [-0.2, -0.15) is 4.72 Å². The van der Waals surface area contributed by atoms with Crippen LogP contribution in [0.4, 0.5) is 0 Å². The molecule has 2 N–H and O–H groups in total. The number of sulfonamides is 1. The second-order valence-electron chi connectivity index (χ2n) is 6.66. The number of hydrogen-bond acceptors (Lipinski definition) is 5. The highest BCUT2D eigenvalue weighted by Crippen LogP contribution is 2.22. The lowest BCUT2D eigenvalue weighted by atomic mass is 9.87. The van der Waals surface area contributed by atoms with E-state index in [1.165, 1.54) is 12.1 Å². The van der Waals surface area contributed by atoms with Gasteiger partial charge in [-0.05, 0) is 36.0 Å². The number of carbonyl (C=O) groups excluding carboxylic acids is 2. The molecule has 8 heteroatoms. The van der Waals surface area contributed by atoms with Crippen LogP contribution in [-0.4, -0.2) is 36.9 Å². The van der Waals surface area contributed by atoms with Crippen molar-refractivity contribution in [2.45, 2.75) is 51.5 Å². The number of hydrogen-bond donors (Lipinski definition) is 2. The lowest BCUT2D eigenvalue weighted by Gasteiger charge is -2.19. The van der Waals surface area contributed by atoms with Crippen molar-refractivity contribution >= 4 is 27.4 Å². The quantitative estimate of drug-likeness (QED) is 0.675. The van der Waals surface area contributed by atoms with Crippen molar-refractivity contribution in [1.82, 2.24) is 4.72 Å². The Morgan fingerprint density at radius 1 is 1.20 bits per heavy atom. The first kappa shape index (κ1) is 21.0. The van der Waals surface area contributed by atoms with Gasteiger partial charge >= 0.3 is 5.97 Å². The molecule has 1 radical (unpaired) electrons. The lowest BCUT2D eigenvalue weighted by molar-refractivity contribution is -0.139. The van der Waals surface area contributed by atoms with Crippen molar-refractivity contribution in [1.29, 1.82) is 0 Å². The third kappa shape index (κ3) is 6.06. The zero-order chi connectivity index (χ0) is 19.3. The fourth-order valence-corrected chi connectivity index (χ4v) is 3.26. The molecular weight excluding hydrogens is 346 g/mol. The van der Waals surface area contributed by atoms with Gasteiger partial charge in [0.15, 0.2) is 6.29 Å². The topological polar surface area (TPSA) is 118 Å². The monoisotopic (exact) mass is 368 g/mol. The SMILES string of the molecule is CC(C)(C)c1ccc(C(=O)S(=O)(=O)NC(CCC[C]=O)C(=O)O)cc1. The molecule has 137 valence electrons. The number of nitrogens with one attached hydrogen (secondary N) is 1. The number of rotatable bonds is 8. The fourth-order valence-electron chi connectivity index (χ4n) is 2.11. The van der Waals surface area contributed by atoms with Crippen LogP contribution in [0.15, 0.2) is 24.3 Å². The van der Waals surface area contributed by atoms with Crippen molar-refractivity contribution in [3.63, 3.8) is 0 Å². The van der Waals surface area contributed by atoms with E-state index in [4.69, 9.17) is 5.11 Å². The summed E-state index contributed by atoms with van der Waals surface area (Å²) in [5, 5.41) is 7.88. The molecule has 0 saturated carbocycles. The van der Waals surface area contributed by atoms with Gasteiger partial charge < -0.3 is 5.11 Å². The minimum absolute atomic E-state index is 0.00623. The van der Waals surface area contributed by atoms with Crippen LogP contribution in [0.5, 0.6) is 0 Å². The minimum atomic E-state index is -4.51. The van der Waals surface area contributed by atoms with Gasteiger partial charge in [0.25, 0.3) is 15.1 Å². The van der Waals surface area contributed by atoms with E-state index in [2.05, 4.69) is 0 Å². The van der Waals surface area contributed by atoms with Crippen molar-refractivity contribution in [2.24, 2.45) is 0 Å². The average molecular weight is 368 g/mol. The minimum Gasteiger partial charge on any atom is -0.480 e. The van der Waals surface area contributed by atoms with E-state index in [9.17, 15) is 22.8 Å². The molecule has 0 heterocycles. The molecule has 1 unspecified atom stereocenters. The molecule has 0 aromatic heterocycles. The smallest absolute Gasteiger partial charge is 0.321 e. The molecule has 1 atom stereocenters. The third-order valence-corrected chi connectivity index (χ3v) is 4.92. The van der Waals surface area contributed by atoms with Crippen molar-refractivity contribution < 1.29 is 27.9 Å². The molecule has 0 spiro atoms. The maximum absolute atomic E-state index is 12.2. The Balaban J connectivity index is 2.94. The van der Waals surface area contributed by atoms with E-state index >= 15 is 0 Å². The summed E-state index contributed by atoms with van der Waals surface area (Å²) in [5.41, 5.74) is 0.733. The van der Waals surface area contributed by atoms with Crippen LogP contribution in [0.3, 0.4) is 0 Å². The Bertz CT molecular complexity index is 731. The van der Waals surface area contributed by atoms with E-state index in [-0.39, 0.29) is 30.2 Å². The van der Waals surface area contributed by atoms with Gasteiger partial charge in [0, 0.05) is 12.0 Å². The molecular formula is C17H22NO6S. The van der Waals surface area contributed by atoms with Crippen LogP contribution in [0.25, 0.3) is 0 Å². The van der Waals surface area contributed by atoms with Gasteiger partial charge in [0.05, 0.1) is 0 Å². The van der Waals surface area contributed by atoms with Crippen LogP contribution < -0.4 is 4.72 Å². The van der Waals surface area contributed by atoms with E-state index in [1.807, 2.05) is 25.5 Å². The van der Waals surface area contributed by atoms with Gasteiger partial charge in [-0.25, -0.2) is 8.42 Å². The molecule has 0 aliphatic carbocycles. The number of carbonyl (C=O) groups is 2. The molecule has 1 rings (SSSR count). The van der Waals surface area contributed by atoms with Crippen LogP contribution >= 0.6 is 0 Å². The summed E-state index contributed by atoms with van der Waals surface area (Å²) in [4.78, 5) is 33.5. The Morgan fingerprint density at radius 3 is 2.20 bits per heavy atom. The number of carboxylic acid groups (broad SMARTS) is 1. The molecule has 0 saturated heterocycles.